The maximum absolute atomic E-state index is 12.0. The first-order valence-electron chi connectivity index (χ1n) is 6.81. The van der Waals surface area contributed by atoms with Crippen LogP contribution < -0.4 is 16.4 Å². The molecule has 3 aromatic rings. The molecule has 0 saturated carbocycles. The maximum Gasteiger partial charge on any atom is 0.263 e. The Balaban J connectivity index is 2.35. The summed E-state index contributed by atoms with van der Waals surface area (Å²) in [6.45, 7) is 0. The summed E-state index contributed by atoms with van der Waals surface area (Å²) in [5.41, 5.74) is 8.22. The highest BCUT2D eigenvalue weighted by Crippen LogP contribution is 2.39. The number of hydrogen-bond acceptors (Lipinski definition) is 6. The molecule has 3 rings (SSSR count). The molecule has 0 fully saturated rings. The van der Waals surface area contributed by atoms with Gasteiger partial charge in [-0.3, -0.25) is 4.79 Å². The van der Waals surface area contributed by atoms with E-state index in [-0.39, 0.29) is 5.91 Å². The summed E-state index contributed by atoms with van der Waals surface area (Å²) in [4.78, 5) is 22.1. The van der Waals surface area contributed by atoms with Gasteiger partial charge in [-0.2, -0.15) is 0 Å². The number of thiophene rings is 1. The first-order valence-corrected chi connectivity index (χ1v) is 8.42. The number of fused-ring (bicyclic) bond motifs is 1. The van der Waals surface area contributed by atoms with Gasteiger partial charge in [0.25, 0.3) is 5.91 Å². The third-order valence-corrected chi connectivity index (χ3v) is 4.93. The Morgan fingerprint density at radius 1 is 1.30 bits per heavy atom. The van der Waals surface area contributed by atoms with Crippen molar-refractivity contribution in [3.05, 3.63) is 33.6 Å². The van der Waals surface area contributed by atoms with Gasteiger partial charge < -0.3 is 16.4 Å². The van der Waals surface area contributed by atoms with E-state index in [1.165, 1.54) is 11.3 Å². The fraction of sp³-hybridized carbons (Fsp3) is 0.133. The van der Waals surface area contributed by atoms with Gasteiger partial charge in [0, 0.05) is 24.1 Å². The van der Waals surface area contributed by atoms with E-state index in [0.29, 0.717) is 32.4 Å². The highest BCUT2D eigenvalue weighted by Gasteiger charge is 2.21. The molecular weight excluding hydrogens is 378 g/mol. The standard InChI is InChI=1S/C15H14BrN5OS/c1-18-13(22)12-10(17)9-11(7-4-3-5-8(16)6-7)20-15(19-2)21-14(9)23-12/h3-6H,17H2,1-2H3,(H,18,22)(H,19,20,21). The Hall–Kier alpha value is -2.19. The van der Waals surface area contributed by atoms with Gasteiger partial charge in [-0.15, -0.1) is 11.3 Å². The van der Waals surface area contributed by atoms with Crippen molar-refractivity contribution >= 4 is 55.0 Å². The van der Waals surface area contributed by atoms with E-state index in [2.05, 4.69) is 36.5 Å². The molecule has 0 aliphatic heterocycles. The van der Waals surface area contributed by atoms with Crippen LogP contribution in [0, 0.1) is 0 Å². The number of nitrogens with zero attached hydrogens (tertiary/aromatic N) is 2. The summed E-state index contributed by atoms with van der Waals surface area (Å²) in [5, 5.41) is 6.25. The average molecular weight is 392 g/mol. The monoisotopic (exact) mass is 391 g/mol. The second-order valence-corrected chi connectivity index (χ2v) is 6.68. The molecule has 0 spiro atoms. The minimum absolute atomic E-state index is 0.225. The summed E-state index contributed by atoms with van der Waals surface area (Å²) in [6.07, 6.45) is 0. The lowest BCUT2D eigenvalue weighted by Crippen LogP contribution is -2.17. The Kier molecular flexibility index (Phi) is 4.18. The number of nitrogen functional groups attached to an aromatic ring is 1. The van der Waals surface area contributed by atoms with Crippen LogP contribution in [0.25, 0.3) is 21.5 Å². The van der Waals surface area contributed by atoms with Crippen molar-refractivity contribution < 1.29 is 4.79 Å². The number of hydrogen-bond donors (Lipinski definition) is 3. The lowest BCUT2D eigenvalue weighted by Gasteiger charge is -2.07. The van der Waals surface area contributed by atoms with Gasteiger partial charge in [-0.05, 0) is 12.1 Å². The summed E-state index contributed by atoms with van der Waals surface area (Å²) in [7, 11) is 3.33. The van der Waals surface area contributed by atoms with E-state index < -0.39 is 0 Å². The fourth-order valence-corrected chi connectivity index (χ4v) is 3.70. The Morgan fingerprint density at radius 3 is 2.74 bits per heavy atom. The predicted octanol–water partition coefficient (Wildman–Crippen LogP) is 3.10. The second-order valence-electron chi connectivity index (χ2n) is 4.76. The Labute approximate surface area is 145 Å². The zero-order chi connectivity index (χ0) is 16.6. The summed E-state index contributed by atoms with van der Waals surface area (Å²) in [5.74, 6) is 0.258. The predicted molar refractivity (Wildman–Crippen MR) is 97.9 cm³/mol. The normalized spacial score (nSPS) is 10.7. The van der Waals surface area contributed by atoms with Crippen molar-refractivity contribution in [2.45, 2.75) is 0 Å². The zero-order valence-electron chi connectivity index (χ0n) is 12.5. The van der Waals surface area contributed by atoms with Crippen molar-refractivity contribution in [3.63, 3.8) is 0 Å². The van der Waals surface area contributed by atoms with Crippen molar-refractivity contribution in [3.8, 4) is 11.3 Å². The van der Waals surface area contributed by atoms with Gasteiger partial charge in [0.1, 0.15) is 9.71 Å². The van der Waals surface area contributed by atoms with Crippen LogP contribution in [0.2, 0.25) is 0 Å². The lowest BCUT2D eigenvalue weighted by molar-refractivity contribution is 0.0968. The van der Waals surface area contributed by atoms with Crippen molar-refractivity contribution in [1.82, 2.24) is 15.3 Å². The molecule has 23 heavy (non-hydrogen) atoms. The number of benzene rings is 1. The maximum atomic E-state index is 12.0. The van der Waals surface area contributed by atoms with E-state index >= 15 is 0 Å². The fourth-order valence-electron chi connectivity index (χ4n) is 2.26. The number of nitrogens with two attached hydrogens (primary N) is 1. The number of amides is 1. The van der Waals surface area contributed by atoms with E-state index in [0.717, 1.165) is 10.0 Å². The molecule has 0 aliphatic carbocycles. The molecular formula is C15H14BrN5OS. The minimum Gasteiger partial charge on any atom is -0.397 e. The van der Waals surface area contributed by atoms with Crippen LogP contribution >= 0.6 is 27.3 Å². The molecule has 8 heteroatoms. The minimum atomic E-state index is -0.225. The molecule has 0 bridgehead atoms. The topological polar surface area (TPSA) is 92.9 Å². The average Bonchev–Trinajstić information content (AvgIpc) is 2.90. The van der Waals surface area contributed by atoms with Gasteiger partial charge in [-0.1, -0.05) is 28.1 Å². The zero-order valence-corrected chi connectivity index (χ0v) is 14.9. The summed E-state index contributed by atoms with van der Waals surface area (Å²) in [6, 6.07) is 7.77. The largest absolute Gasteiger partial charge is 0.397 e. The van der Waals surface area contributed by atoms with Crippen LogP contribution in [-0.2, 0) is 0 Å². The molecule has 0 radical (unpaired) electrons. The third kappa shape index (κ3) is 2.75. The van der Waals surface area contributed by atoms with Gasteiger partial charge >= 0.3 is 0 Å². The van der Waals surface area contributed by atoms with Crippen molar-refractivity contribution in [1.29, 1.82) is 0 Å². The van der Waals surface area contributed by atoms with Crippen LogP contribution in [0.1, 0.15) is 9.67 Å². The number of halogens is 1. The number of rotatable bonds is 3. The van der Waals surface area contributed by atoms with Crippen LogP contribution in [0.4, 0.5) is 11.6 Å². The van der Waals surface area contributed by atoms with Gasteiger partial charge in [0.2, 0.25) is 5.95 Å². The molecule has 4 N–H and O–H groups in total. The third-order valence-electron chi connectivity index (χ3n) is 3.34. The molecule has 2 heterocycles. The van der Waals surface area contributed by atoms with E-state index in [1.807, 2.05) is 24.3 Å². The SMILES string of the molecule is CNC(=O)c1sc2nc(NC)nc(-c3cccc(Br)c3)c2c1N. The van der Waals surface area contributed by atoms with E-state index in [1.54, 1.807) is 14.1 Å². The molecule has 0 aliphatic rings. The Morgan fingerprint density at radius 2 is 2.09 bits per heavy atom. The lowest BCUT2D eigenvalue weighted by atomic mass is 10.1. The quantitative estimate of drug-likeness (QED) is 0.637. The molecule has 6 nitrogen and oxygen atoms in total. The first kappa shape index (κ1) is 15.7. The van der Waals surface area contributed by atoms with E-state index in [9.17, 15) is 4.79 Å². The van der Waals surface area contributed by atoms with Crippen molar-refractivity contribution in [2.75, 3.05) is 25.1 Å². The number of nitrogens with one attached hydrogen (secondary N) is 2. The van der Waals surface area contributed by atoms with Gasteiger partial charge in [0.15, 0.2) is 0 Å². The first-order chi connectivity index (χ1) is 11.0. The molecule has 1 aromatic carbocycles. The molecule has 0 unspecified atom stereocenters. The summed E-state index contributed by atoms with van der Waals surface area (Å²) >= 11 is 4.72. The molecule has 2 aromatic heterocycles. The molecule has 0 saturated heterocycles. The molecule has 1 amide bonds. The molecule has 0 atom stereocenters. The second kappa shape index (κ2) is 6.13. The highest BCUT2D eigenvalue weighted by atomic mass is 79.9. The van der Waals surface area contributed by atoms with Crippen LogP contribution in [0.3, 0.4) is 0 Å². The van der Waals surface area contributed by atoms with Crippen LogP contribution in [0.5, 0.6) is 0 Å². The number of aromatic nitrogens is 2. The molecule has 118 valence electrons. The number of carbonyl (C=O) groups is 1. The van der Waals surface area contributed by atoms with Crippen LogP contribution in [0.15, 0.2) is 28.7 Å². The van der Waals surface area contributed by atoms with Gasteiger partial charge in [0.05, 0.1) is 16.8 Å². The van der Waals surface area contributed by atoms with Gasteiger partial charge in [-0.25, -0.2) is 9.97 Å². The smallest absolute Gasteiger partial charge is 0.263 e. The van der Waals surface area contributed by atoms with Crippen molar-refractivity contribution in [2.24, 2.45) is 0 Å². The number of carbonyl (C=O) groups excluding carboxylic acids is 1. The van der Waals surface area contributed by atoms with E-state index in [4.69, 9.17) is 5.73 Å². The number of anilines is 2. The Bertz CT molecular complexity index is 908. The van der Waals surface area contributed by atoms with Crippen LogP contribution in [-0.4, -0.2) is 30.0 Å². The highest BCUT2D eigenvalue weighted by molar-refractivity contribution is 9.10. The summed E-state index contributed by atoms with van der Waals surface area (Å²) < 4.78 is 0.938.